The van der Waals surface area contributed by atoms with Gasteiger partial charge in [0.25, 0.3) is 5.91 Å². The van der Waals surface area contributed by atoms with Crippen LogP contribution in [0.4, 0.5) is 20.2 Å². The van der Waals surface area contributed by atoms with Crippen molar-refractivity contribution >= 4 is 17.3 Å². The third-order valence-electron chi connectivity index (χ3n) is 3.76. The molecule has 0 unspecified atom stereocenters. The van der Waals surface area contributed by atoms with Gasteiger partial charge in [-0.3, -0.25) is 4.79 Å². The normalized spacial score (nSPS) is 10.8. The van der Waals surface area contributed by atoms with Crippen molar-refractivity contribution in [1.29, 1.82) is 0 Å². The van der Waals surface area contributed by atoms with E-state index in [1.807, 2.05) is 24.3 Å². The first-order chi connectivity index (χ1) is 11.9. The molecule has 0 saturated heterocycles. The molecule has 4 nitrogen and oxygen atoms in total. The minimum absolute atomic E-state index is 0.0178. The van der Waals surface area contributed by atoms with Gasteiger partial charge in [0.2, 0.25) is 0 Å². The Bertz CT molecular complexity index is 686. The Morgan fingerprint density at radius 3 is 2.16 bits per heavy atom. The number of hydrogen-bond acceptors (Lipinski definition) is 3. The predicted molar refractivity (Wildman–Crippen MR) is 95.6 cm³/mol. The van der Waals surface area contributed by atoms with Crippen LogP contribution in [0.15, 0.2) is 48.5 Å². The Morgan fingerprint density at radius 1 is 1.08 bits per heavy atom. The van der Waals surface area contributed by atoms with Crippen molar-refractivity contribution in [2.45, 2.75) is 33.4 Å². The highest BCUT2D eigenvalue weighted by atomic mass is 19.3. The number of carbonyl (C=O) groups is 1. The molecule has 0 aliphatic carbocycles. The second-order valence-electron chi connectivity index (χ2n) is 5.78. The van der Waals surface area contributed by atoms with Crippen LogP contribution in [-0.4, -0.2) is 25.1 Å². The molecular formula is C19H22F2N2O2. The number of carbonyl (C=O) groups excluding carboxylic acids is 1. The van der Waals surface area contributed by atoms with Gasteiger partial charge in [0.15, 0.2) is 0 Å². The molecule has 0 aliphatic rings. The molecule has 0 heterocycles. The maximum atomic E-state index is 12.2. The van der Waals surface area contributed by atoms with E-state index in [2.05, 4.69) is 35.7 Å². The first kappa shape index (κ1) is 18.7. The van der Waals surface area contributed by atoms with E-state index in [1.165, 1.54) is 24.3 Å². The maximum absolute atomic E-state index is 12.2. The van der Waals surface area contributed by atoms with Crippen molar-refractivity contribution in [3.8, 4) is 5.75 Å². The minimum Gasteiger partial charge on any atom is -0.435 e. The zero-order valence-electron chi connectivity index (χ0n) is 14.5. The zero-order chi connectivity index (χ0) is 18.4. The maximum Gasteiger partial charge on any atom is 0.387 e. The lowest BCUT2D eigenvalue weighted by atomic mass is 10.2. The molecule has 134 valence electrons. The molecule has 0 saturated carbocycles. The van der Waals surface area contributed by atoms with Crippen molar-refractivity contribution in [2.75, 3.05) is 16.8 Å². The minimum atomic E-state index is -2.88. The lowest BCUT2D eigenvalue weighted by Gasteiger charge is -2.27. The summed E-state index contributed by atoms with van der Waals surface area (Å²) in [6.45, 7) is 4.36. The predicted octanol–water partition coefficient (Wildman–Crippen LogP) is 4.78. The molecule has 2 aromatic rings. The number of nitrogens with one attached hydrogen (secondary N) is 1. The van der Waals surface area contributed by atoms with E-state index < -0.39 is 6.61 Å². The SMILES string of the molecule is CCN(c1ccc(NC(=O)c2ccc(OC(F)F)cc2)cc1)C(C)C. The summed E-state index contributed by atoms with van der Waals surface area (Å²) in [6, 6.07) is 13.5. The summed E-state index contributed by atoms with van der Waals surface area (Å²) in [5, 5.41) is 2.79. The van der Waals surface area contributed by atoms with E-state index >= 15 is 0 Å². The average Bonchev–Trinajstić information content (AvgIpc) is 2.57. The molecule has 0 bridgehead atoms. The quantitative estimate of drug-likeness (QED) is 0.783. The van der Waals surface area contributed by atoms with Crippen molar-refractivity contribution in [2.24, 2.45) is 0 Å². The topological polar surface area (TPSA) is 41.6 Å². The molecule has 1 N–H and O–H groups in total. The van der Waals surface area contributed by atoms with E-state index in [0.717, 1.165) is 12.2 Å². The van der Waals surface area contributed by atoms with Crippen LogP contribution in [0.3, 0.4) is 0 Å². The Labute approximate surface area is 146 Å². The number of anilines is 2. The van der Waals surface area contributed by atoms with E-state index in [4.69, 9.17) is 0 Å². The number of halogens is 2. The first-order valence-corrected chi connectivity index (χ1v) is 8.13. The van der Waals surface area contributed by atoms with Crippen molar-refractivity contribution < 1.29 is 18.3 Å². The summed E-state index contributed by atoms with van der Waals surface area (Å²) in [7, 11) is 0. The molecule has 0 atom stereocenters. The summed E-state index contributed by atoms with van der Waals surface area (Å²) in [6.07, 6.45) is 0. The van der Waals surface area contributed by atoms with Crippen LogP contribution in [0.25, 0.3) is 0 Å². The Hall–Kier alpha value is -2.63. The van der Waals surface area contributed by atoms with Crippen LogP contribution in [-0.2, 0) is 0 Å². The van der Waals surface area contributed by atoms with Crippen LogP contribution in [0.1, 0.15) is 31.1 Å². The first-order valence-electron chi connectivity index (χ1n) is 8.13. The Morgan fingerprint density at radius 2 is 1.68 bits per heavy atom. The molecule has 25 heavy (non-hydrogen) atoms. The van der Waals surface area contributed by atoms with Crippen molar-refractivity contribution in [3.05, 3.63) is 54.1 Å². The highest BCUT2D eigenvalue weighted by Gasteiger charge is 2.10. The molecule has 2 rings (SSSR count). The van der Waals surface area contributed by atoms with Gasteiger partial charge in [-0.25, -0.2) is 0 Å². The van der Waals surface area contributed by atoms with Gasteiger partial charge in [-0.15, -0.1) is 0 Å². The molecule has 6 heteroatoms. The standard InChI is InChI=1S/C19H22F2N2O2/c1-4-23(13(2)3)16-9-7-15(8-10-16)22-18(24)14-5-11-17(12-6-14)25-19(20)21/h5-13,19H,4H2,1-3H3,(H,22,24). The molecular weight excluding hydrogens is 326 g/mol. The van der Waals surface area contributed by atoms with Crippen LogP contribution in [0.2, 0.25) is 0 Å². The number of alkyl halides is 2. The van der Waals surface area contributed by atoms with Gasteiger partial charge in [-0.05, 0) is 69.3 Å². The number of amides is 1. The lowest BCUT2D eigenvalue weighted by Crippen LogP contribution is -2.30. The van der Waals surface area contributed by atoms with Gasteiger partial charge in [-0.2, -0.15) is 8.78 Å². The summed E-state index contributed by atoms with van der Waals surface area (Å²) in [4.78, 5) is 14.5. The summed E-state index contributed by atoms with van der Waals surface area (Å²) in [5.41, 5.74) is 2.12. The number of ether oxygens (including phenoxy) is 1. The fourth-order valence-electron chi connectivity index (χ4n) is 2.57. The molecule has 0 spiro atoms. The van der Waals surface area contributed by atoms with Crippen LogP contribution in [0.5, 0.6) is 5.75 Å². The fourth-order valence-corrected chi connectivity index (χ4v) is 2.57. The van der Waals surface area contributed by atoms with Gasteiger partial charge >= 0.3 is 6.61 Å². The summed E-state index contributed by atoms with van der Waals surface area (Å²) in [5.74, 6) is -0.295. The van der Waals surface area contributed by atoms with Crippen molar-refractivity contribution in [1.82, 2.24) is 0 Å². The zero-order valence-corrected chi connectivity index (χ0v) is 14.5. The van der Waals surface area contributed by atoms with E-state index in [9.17, 15) is 13.6 Å². The summed E-state index contributed by atoms with van der Waals surface area (Å²) >= 11 is 0. The number of benzene rings is 2. The van der Waals surface area contributed by atoms with E-state index in [-0.39, 0.29) is 11.7 Å². The average molecular weight is 348 g/mol. The number of rotatable bonds is 7. The molecule has 0 aliphatic heterocycles. The fraction of sp³-hybridized carbons (Fsp3) is 0.316. The van der Waals surface area contributed by atoms with Gasteiger partial charge in [0, 0.05) is 29.5 Å². The van der Waals surface area contributed by atoms with Gasteiger partial charge in [-0.1, -0.05) is 0 Å². The van der Waals surface area contributed by atoms with Crippen LogP contribution < -0.4 is 15.0 Å². The van der Waals surface area contributed by atoms with Gasteiger partial charge < -0.3 is 15.0 Å². The van der Waals surface area contributed by atoms with Crippen LogP contribution >= 0.6 is 0 Å². The molecule has 0 fully saturated rings. The number of nitrogens with zero attached hydrogens (tertiary/aromatic N) is 1. The second-order valence-corrected chi connectivity index (χ2v) is 5.78. The molecule has 0 radical (unpaired) electrons. The second kappa shape index (κ2) is 8.46. The van der Waals surface area contributed by atoms with Crippen LogP contribution in [0, 0.1) is 0 Å². The largest absolute Gasteiger partial charge is 0.435 e. The smallest absolute Gasteiger partial charge is 0.387 e. The van der Waals surface area contributed by atoms with E-state index in [1.54, 1.807) is 0 Å². The molecule has 2 aromatic carbocycles. The lowest BCUT2D eigenvalue weighted by molar-refractivity contribution is -0.0498. The molecule has 0 aromatic heterocycles. The highest BCUT2D eigenvalue weighted by Crippen LogP contribution is 2.21. The molecule has 1 amide bonds. The third-order valence-corrected chi connectivity index (χ3v) is 3.76. The summed E-state index contributed by atoms with van der Waals surface area (Å²) < 4.78 is 28.5. The van der Waals surface area contributed by atoms with Crippen molar-refractivity contribution in [3.63, 3.8) is 0 Å². The van der Waals surface area contributed by atoms with E-state index in [0.29, 0.717) is 17.3 Å². The monoisotopic (exact) mass is 348 g/mol. The number of hydrogen-bond donors (Lipinski definition) is 1. The Kier molecular flexibility index (Phi) is 6.33. The van der Waals surface area contributed by atoms with Gasteiger partial charge in [0.1, 0.15) is 5.75 Å². The Balaban J connectivity index is 2.03. The highest BCUT2D eigenvalue weighted by molar-refractivity contribution is 6.04. The third kappa shape index (κ3) is 5.17. The van der Waals surface area contributed by atoms with Gasteiger partial charge in [0.05, 0.1) is 0 Å².